The van der Waals surface area contributed by atoms with Crippen molar-refractivity contribution in [3.05, 3.63) is 18.2 Å². The van der Waals surface area contributed by atoms with Crippen molar-refractivity contribution in [2.24, 2.45) is 0 Å². The molecule has 0 atom stereocenters. The number of aldehydes is 1. The molecule has 0 N–H and O–H groups in total. The topological polar surface area (TPSA) is 52.0 Å². The first-order chi connectivity index (χ1) is 5.24. The maximum Gasteiger partial charge on any atom is 0.168 e. The van der Waals surface area contributed by atoms with Crippen LogP contribution in [0.25, 0.3) is 0 Å². The number of rotatable bonds is 3. The van der Waals surface area contributed by atoms with Crippen LogP contribution in [-0.2, 0) is 11.3 Å². The highest BCUT2D eigenvalue weighted by molar-refractivity contribution is 5.77. The molecule has 0 saturated heterocycles. The minimum absolute atomic E-state index is 0.00565. The van der Waals surface area contributed by atoms with Gasteiger partial charge in [-0.1, -0.05) is 0 Å². The van der Waals surface area contributed by atoms with Crippen LogP contribution in [-0.4, -0.2) is 21.6 Å². The van der Waals surface area contributed by atoms with E-state index >= 15 is 0 Å². The second kappa shape index (κ2) is 3.09. The molecule has 0 spiro atoms. The van der Waals surface area contributed by atoms with Gasteiger partial charge in [0.25, 0.3) is 0 Å². The van der Waals surface area contributed by atoms with Crippen molar-refractivity contribution in [2.45, 2.75) is 13.5 Å². The Morgan fingerprint density at radius 2 is 2.55 bits per heavy atom. The molecule has 58 valence electrons. The molecule has 1 rings (SSSR count). The van der Waals surface area contributed by atoms with Crippen LogP contribution in [0.3, 0.4) is 0 Å². The van der Waals surface area contributed by atoms with E-state index in [1.54, 1.807) is 0 Å². The summed E-state index contributed by atoms with van der Waals surface area (Å²) in [5, 5.41) is 0. The first kappa shape index (κ1) is 7.65. The van der Waals surface area contributed by atoms with Crippen LogP contribution in [0.1, 0.15) is 17.4 Å². The number of nitrogens with zero attached hydrogens (tertiary/aromatic N) is 2. The molecule has 1 aromatic heterocycles. The van der Waals surface area contributed by atoms with Crippen molar-refractivity contribution in [3.63, 3.8) is 0 Å². The Morgan fingerprint density at radius 3 is 3.09 bits per heavy atom. The Kier molecular flexibility index (Phi) is 2.15. The lowest BCUT2D eigenvalue weighted by Gasteiger charge is -1.97. The molecule has 0 aromatic carbocycles. The third-order valence-corrected chi connectivity index (χ3v) is 1.26. The quantitative estimate of drug-likeness (QED) is 0.585. The highest BCUT2D eigenvalue weighted by Crippen LogP contribution is 1.94. The van der Waals surface area contributed by atoms with E-state index in [0.29, 0.717) is 12.0 Å². The first-order valence-electron chi connectivity index (χ1n) is 3.19. The van der Waals surface area contributed by atoms with Crippen LogP contribution in [0.15, 0.2) is 12.5 Å². The van der Waals surface area contributed by atoms with E-state index in [1.807, 2.05) is 0 Å². The molecule has 0 fully saturated rings. The average Bonchev–Trinajstić information content (AvgIpc) is 2.34. The molecule has 0 bridgehead atoms. The van der Waals surface area contributed by atoms with Crippen molar-refractivity contribution in [3.8, 4) is 0 Å². The smallest absolute Gasteiger partial charge is 0.168 e. The third kappa shape index (κ3) is 1.73. The maximum absolute atomic E-state index is 10.6. The lowest BCUT2D eigenvalue weighted by Crippen LogP contribution is -2.07. The van der Waals surface area contributed by atoms with Crippen molar-refractivity contribution >= 4 is 12.1 Å². The van der Waals surface area contributed by atoms with Gasteiger partial charge in [-0.25, -0.2) is 4.98 Å². The number of carbonyl (C=O) groups is 2. The van der Waals surface area contributed by atoms with Gasteiger partial charge in [0, 0.05) is 0 Å². The highest BCUT2D eigenvalue weighted by Gasteiger charge is 2.01. The predicted octanol–water partition coefficient (Wildman–Crippen LogP) is 0.285. The fourth-order valence-electron chi connectivity index (χ4n) is 0.801. The van der Waals surface area contributed by atoms with E-state index in [-0.39, 0.29) is 12.3 Å². The SMILES string of the molecule is CC(=O)Cn1cncc1C=O. The van der Waals surface area contributed by atoms with Crippen molar-refractivity contribution in [1.29, 1.82) is 0 Å². The summed E-state index contributed by atoms with van der Waals surface area (Å²) in [5.74, 6) is 0.00565. The largest absolute Gasteiger partial charge is 0.321 e. The molecule has 0 radical (unpaired) electrons. The Balaban J connectivity index is 2.84. The fourth-order valence-corrected chi connectivity index (χ4v) is 0.801. The van der Waals surface area contributed by atoms with Gasteiger partial charge in [0.2, 0.25) is 0 Å². The van der Waals surface area contributed by atoms with Crippen LogP contribution >= 0.6 is 0 Å². The Labute approximate surface area is 63.9 Å². The predicted molar refractivity (Wildman–Crippen MR) is 38.3 cm³/mol. The molecule has 0 aliphatic carbocycles. The number of hydrogen-bond acceptors (Lipinski definition) is 3. The lowest BCUT2D eigenvalue weighted by atomic mass is 10.4. The highest BCUT2D eigenvalue weighted by atomic mass is 16.1. The van der Waals surface area contributed by atoms with E-state index in [0.717, 1.165) is 0 Å². The van der Waals surface area contributed by atoms with E-state index in [2.05, 4.69) is 4.98 Å². The summed E-state index contributed by atoms with van der Waals surface area (Å²) in [6.45, 7) is 1.68. The second-order valence-corrected chi connectivity index (χ2v) is 2.27. The number of imidazole rings is 1. The summed E-state index contributed by atoms with van der Waals surface area (Å²) in [6, 6.07) is 0. The standard InChI is InChI=1S/C7H8N2O2/c1-6(11)3-9-5-8-2-7(9)4-10/h2,4-5H,3H2,1H3. The normalized spacial score (nSPS) is 9.55. The molecular formula is C7H8N2O2. The van der Waals surface area contributed by atoms with Gasteiger partial charge in [-0.05, 0) is 6.92 Å². The maximum atomic E-state index is 10.6. The van der Waals surface area contributed by atoms with Crippen molar-refractivity contribution in [2.75, 3.05) is 0 Å². The molecular weight excluding hydrogens is 144 g/mol. The molecule has 4 heteroatoms. The number of hydrogen-bond donors (Lipinski definition) is 0. The van der Waals surface area contributed by atoms with Gasteiger partial charge in [-0.2, -0.15) is 0 Å². The first-order valence-corrected chi connectivity index (χ1v) is 3.19. The molecule has 4 nitrogen and oxygen atoms in total. The zero-order valence-electron chi connectivity index (χ0n) is 6.15. The summed E-state index contributed by atoms with van der Waals surface area (Å²) < 4.78 is 1.51. The Hall–Kier alpha value is -1.45. The van der Waals surface area contributed by atoms with Crippen molar-refractivity contribution in [1.82, 2.24) is 9.55 Å². The monoisotopic (exact) mass is 152 g/mol. The second-order valence-electron chi connectivity index (χ2n) is 2.27. The van der Waals surface area contributed by atoms with Crippen LogP contribution in [0.4, 0.5) is 0 Å². The lowest BCUT2D eigenvalue weighted by molar-refractivity contribution is -0.117. The summed E-state index contributed by atoms with van der Waals surface area (Å²) in [4.78, 5) is 24.6. The third-order valence-electron chi connectivity index (χ3n) is 1.26. The molecule has 0 amide bonds. The summed E-state index contributed by atoms with van der Waals surface area (Å²) in [7, 11) is 0. The molecule has 11 heavy (non-hydrogen) atoms. The minimum Gasteiger partial charge on any atom is -0.321 e. The molecule has 0 unspecified atom stereocenters. The van der Waals surface area contributed by atoms with E-state index in [9.17, 15) is 9.59 Å². The zero-order valence-corrected chi connectivity index (χ0v) is 6.15. The number of aromatic nitrogens is 2. The molecule has 1 heterocycles. The minimum atomic E-state index is 0.00565. The molecule has 0 saturated carbocycles. The van der Waals surface area contributed by atoms with Gasteiger partial charge in [0.05, 0.1) is 19.1 Å². The summed E-state index contributed by atoms with van der Waals surface area (Å²) in [6.07, 6.45) is 3.57. The molecule has 1 aromatic rings. The van der Waals surface area contributed by atoms with Gasteiger partial charge in [0.15, 0.2) is 6.29 Å². The van der Waals surface area contributed by atoms with Crippen molar-refractivity contribution < 1.29 is 9.59 Å². The van der Waals surface area contributed by atoms with E-state index in [1.165, 1.54) is 24.0 Å². The van der Waals surface area contributed by atoms with Gasteiger partial charge >= 0.3 is 0 Å². The van der Waals surface area contributed by atoms with E-state index in [4.69, 9.17) is 0 Å². The van der Waals surface area contributed by atoms with Gasteiger partial charge in [-0.3, -0.25) is 9.59 Å². The summed E-state index contributed by atoms with van der Waals surface area (Å²) in [5.41, 5.74) is 0.431. The Bertz CT molecular complexity index is 278. The zero-order chi connectivity index (χ0) is 8.27. The molecule has 0 aliphatic heterocycles. The van der Waals surface area contributed by atoms with Crippen LogP contribution in [0, 0.1) is 0 Å². The molecule has 0 aliphatic rings. The fraction of sp³-hybridized carbons (Fsp3) is 0.286. The van der Waals surface area contributed by atoms with Crippen LogP contribution in [0.2, 0.25) is 0 Å². The van der Waals surface area contributed by atoms with Crippen LogP contribution in [0.5, 0.6) is 0 Å². The average molecular weight is 152 g/mol. The summed E-state index contributed by atoms with van der Waals surface area (Å²) >= 11 is 0. The van der Waals surface area contributed by atoms with Gasteiger partial charge < -0.3 is 4.57 Å². The number of ketones is 1. The van der Waals surface area contributed by atoms with Gasteiger partial charge in [-0.15, -0.1) is 0 Å². The number of Topliss-reactive ketones (excluding diaryl/α,β-unsaturated/α-hetero) is 1. The van der Waals surface area contributed by atoms with Gasteiger partial charge in [0.1, 0.15) is 11.5 Å². The van der Waals surface area contributed by atoms with E-state index < -0.39 is 0 Å². The Morgan fingerprint density at radius 1 is 1.82 bits per heavy atom. The number of carbonyl (C=O) groups excluding carboxylic acids is 2. The van der Waals surface area contributed by atoms with Crippen LogP contribution < -0.4 is 0 Å².